The van der Waals surface area contributed by atoms with Crippen LogP contribution in [0.15, 0.2) is 69.9 Å². The summed E-state index contributed by atoms with van der Waals surface area (Å²) in [5.41, 5.74) is 1.13. The van der Waals surface area contributed by atoms with Crippen LogP contribution in [0.5, 0.6) is 0 Å². The van der Waals surface area contributed by atoms with E-state index in [-0.39, 0.29) is 5.92 Å². The molecule has 1 atom stereocenters. The molecule has 0 saturated carbocycles. The molecule has 0 radical (unpaired) electrons. The van der Waals surface area contributed by atoms with Crippen LogP contribution in [0.4, 0.5) is 0 Å². The number of fused-ring (bicyclic) bond motifs is 2. The molecule has 0 saturated heterocycles. The van der Waals surface area contributed by atoms with Crippen LogP contribution in [0.1, 0.15) is 44.2 Å². The highest BCUT2D eigenvalue weighted by molar-refractivity contribution is 9.11. The Kier molecular flexibility index (Phi) is 6.95. The minimum absolute atomic E-state index is 0.210. The highest BCUT2D eigenvalue weighted by Gasteiger charge is 2.20. The van der Waals surface area contributed by atoms with Crippen LogP contribution < -0.4 is 9.46 Å². The molecular weight excluding hydrogens is 512 g/mol. The Labute approximate surface area is 192 Å². The van der Waals surface area contributed by atoms with E-state index in [2.05, 4.69) is 31.9 Å². The van der Waals surface area contributed by atoms with Crippen LogP contribution in [0.3, 0.4) is 0 Å². The molecule has 0 amide bonds. The third kappa shape index (κ3) is 4.43. The van der Waals surface area contributed by atoms with Gasteiger partial charge in [-0.1, -0.05) is 50.2 Å². The molecule has 0 aliphatic heterocycles. The smallest absolute Gasteiger partial charge is 0.236 e. The lowest BCUT2D eigenvalue weighted by Crippen LogP contribution is -2.33. The molecular formula is C23H22Br2N2O3. The molecule has 5 nitrogen and oxygen atoms in total. The van der Waals surface area contributed by atoms with Gasteiger partial charge in [0.2, 0.25) is 11.4 Å². The molecule has 1 unspecified atom stereocenters. The molecule has 0 aliphatic carbocycles. The number of aliphatic hydroxyl groups is 1. The summed E-state index contributed by atoms with van der Waals surface area (Å²) < 4.78 is 3.23. The fraction of sp³-hybridized carbons (Fsp3) is 0.217. The fourth-order valence-electron chi connectivity index (χ4n) is 3.36. The van der Waals surface area contributed by atoms with Crippen molar-refractivity contribution >= 4 is 53.4 Å². The highest BCUT2D eigenvalue weighted by atomic mass is 79.9. The van der Waals surface area contributed by atoms with Crippen molar-refractivity contribution in [3.8, 4) is 0 Å². The van der Waals surface area contributed by atoms with E-state index < -0.39 is 6.10 Å². The van der Waals surface area contributed by atoms with Gasteiger partial charge in [0, 0.05) is 27.5 Å². The predicted molar refractivity (Wildman–Crippen MR) is 126 cm³/mol. The Morgan fingerprint density at radius 1 is 0.733 bits per heavy atom. The first kappa shape index (κ1) is 22.5. The number of aromatic nitrogens is 2. The summed E-state index contributed by atoms with van der Waals surface area (Å²) in [5, 5.41) is 36.7. The SMILES string of the molecule is CC(C)c1c(Br)c2ccccc2c[n+]1[O-].CC(O)c1c(Br)c2ccccc2c[n+]1[O-]. The Morgan fingerprint density at radius 2 is 1.13 bits per heavy atom. The van der Waals surface area contributed by atoms with E-state index in [4.69, 9.17) is 0 Å². The molecule has 30 heavy (non-hydrogen) atoms. The molecule has 156 valence electrons. The van der Waals surface area contributed by atoms with Gasteiger partial charge in [0.25, 0.3) is 0 Å². The summed E-state index contributed by atoms with van der Waals surface area (Å²) in [6, 6.07) is 15.4. The van der Waals surface area contributed by atoms with Crippen LogP contribution in [0.2, 0.25) is 0 Å². The van der Waals surface area contributed by atoms with Gasteiger partial charge in [-0.3, -0.25) is 0 Å². The van der Waals surface area contributed by atoms with E-state index in [9.17, 15) is 15.5 Å². The topological polar surface area (TPSA) is 74.1 Å². The molecule has 1 N–H and O–H groups in total. The summed E-state index contributed by atoms with van der Waals surface area (Å²) in [5.74, 6) is 0.210. The molecule has 0 bridgehead atoms. The van der Waals surface area contributed by atoms with Crippen molar-refractivity contribution in [3.05, 3.63) is 91.7 Å². The van der Waals surface area contributed by atoms with Gasteiger partial charge in [0.1, 0.15) is 6.10 Å². The number of rotatable bonds is 2. The maximum Gasteiger partial charge on any atom is 0.236 e. The van der Waals surface area contributed by atoms with Crippen LogP contribution in [-0.4, -0.2) is 5.11 Å². The standard InChI is InChI=1S/C12H12BrNO.C11H10BrNO2/c1-8(2)12-11(13)10-6-4-3-5-9(10)7-14(12)15;1-7(14)11-10(12)9-5-3-2-4-8(9)6-13(11)15/h3-8H,1-2H3;2-7,14H,1H3. The van der Waals surface area contributed by atoms with Crippen molar-refractivity contribution in [3.63, 3.8) is 0 Å². The Balaban J connectivity index is 0.000000171. The zero-order valence-electron chi connectivity index (χ0n) is 16.8. The number of halogens is 2. The van der Waals surface area contributed by atoms with Crippen molar-refractivity contribution in [2.75, 3.05) is 0 Å². The Morgan fingerprint density at radius 3 is 1.57 bits per heavy atom. The molecule has 2 aromatic heterocycles. The summed E-state index contributed by atoms with van der Waals surface area (Å²) in [6.07, 6.45) is 2.32. The van der Waals surface area contributed by atoms with Gasteiger partial charge in [-0.2, -0.15) is 9.46 Å². The quantitative estimate of drug-likeness (QED) is 0.267. The zero-order chi connectivity index (χ0) is 22.0. The van der Waals surface area contributed by atoms with Gasteiger partial charge in [-0.05, 0) is 50.9 Å². The summed E-state index contributed by atoms with van der Waals surface area (Å²) >= 11 is 6.86. The number of hydrogen-bond acceptors (Lipinski definition) is 3. The van der Waals surface area contributed by atoms with Gasteiger partial charge in [0.05, 0.1) is 8.95 Å². The summed E-state index contributed by atoms with van der Waals surface area (Å²) in [4.78, 5) is 0. The number of aliphatic hydroxyl groups excluding tert-OH is 1. The average molecular weight is 534 g/mol. The minimum atomic E-state index is -0.790. The molecule has 4 aromatic rings. The van der Waals surface area contributed by atoms with Gasteiger partial charge in [-0.15, -0.1) is 0 Å². The number of nitrogens with zero attached hydrogens (tertiary/aromatic N) is 2. The van der Waals surface area contributed by atoms with Crippen LogP contribution in [-0.2, 0) is 0 Å². The lowest BCUT2D eigenvalue weighted by molar-refractivity contribution is -0.617. The van der Waals surface area contributed by atoms with Crippen molar-refractivity contribution in [2.45, 2.75) is 32.8 Å². The van der Waals surface area contributed by atoms with E-state index in [1.807, 2.05) is 62.4 Å². The van der Waals surface area contributed by atoms with Crippen molar-refractivity contribution in [1.82, 2.24) is 0 Å². The maximum atomic E-state index is 11.8. The van der Waals surface area contributed by atoms with Crippen LogP contribution >= 0.6 is 31.9 Å². The third-order valence-corrected chi connectivity index (χ3v) is 6.44. The van der Waals surface area contributed by atoms with Gasteiger partial charge in [-0.25, -0.2) is 0 Å². The average Bonchev–Trinajstić information content (AvgIpc) is 2.68. The van der Waals surface area contributed by atoms with E-state index in [1.165, 1.54) is 6.20 Å². The van der Waals surface area contributed by atoms with Gasteiger partial charge in [0.15, 0.2) is 12.4 Å². The molecule has 0 fully saturated rings. The summed E-state index contributed by atoms with van der Waals surface area (Å²) in [6.45, 7) is 5.61. The maximum absolute atomic E-state index is 11.8. The lowest BCUT2D eigenvalue weighted by Gasteiger charge is -2.11. The highest BCUT2D eigenvalue weighted by Crippen LogP contribution is 2.29. The van der Waals surface area contributed by atoms with Gasteiger partial charge >= 0.3 is 0 Å². The Hall–Kier alpha value is -2.22. The molecule has 4 rings (SSSR count). The van der Waals surface area contributed by atoms with E-state index in [0.29, 0.717) is 14.9 Å². The largest absolute Gasteiger partial charge is 0.618 e. The third-order valence-electron chi connectivity index (χ3n) is 4.77. The monoisotopic (exact) mass is 532 g/mol. The lowest BCUT2D eigenvalue weighted by atomic mass is 10.1. The van der Waals surface area contributed by atoms with Gasteiger partial charge < -0.3 is 15.5 Å². The predicted octanol–water partition coefficient (Wildman–Crippen LogP) is 5.65. The molecule has 0 spiro atoms. The zero-order valence-corrected chi connectivity index (χ0v) is 20.0. The molecule has 0 aliphatic rings. The van der Waals surface area contributed by atoms with Crippen molar-refractivity contribution < 1.29 is 14.6 Å². The van der Waals surface area contributed by atoms with Crippen molar-refractivity contribution in [2.24, 2.45) is 0 Å². The second-order valence-electron chi connectivity index (χ2n) is 7.31. The van der Waals surface area contributed by atoms with Crippen LogP contribution in [0.25, 0.3) is 21.5 Å². The Bertz CT molecular complexity index is 1110. The first-order valence-corrected chi connectivity index (χ1v) is 11.1. The minimum Gasteiger partial charge on any atom is -0.618 e. The molecule has 7 heteroatoms. The first-order valence-electron chi connectivity index (χ1n) is 9.51. The normalized spacial score (nSPS) is 12.1. The second kappa shape index (κ2) is 9.29. The van der Waals surface area contributed by atoms with E-state index in [0.717, 1.165) is 36.4 Å². The van der Waals surface area contributed by atoms with E-state index >= 15 is 0 Å². The first-order chi connectivity index (χ1) is 14.2. The summed E-state index contributed by atoms with van der Waals surface area (Å²) in [7, 11) is 0. The molecule has 2 heterocycles. The fourth-order valence-corrected chi connectivity index (χ4v) is 5.22. The van der Waals surface area contributed by atoms with E-state index in [1.54, 1.807) is 13.1 Å². The van der Waals surface area contributed by atoms with Crippen LogP contribution in [0, 0.1) is 10.4 Å². The number of benzene rings is 2. The second-order valence-corrected chi connectivity index (χ2v) is 8.90. The number of hydrogen-bond donors (Lipinski definition) is 1. The molecule has 2 aromatic carbocycles. The number of pyridine rings is 2. The van der Waals surface area contributed by atoms with Crippen molar-refractivity contribution in [1.29, 1.82) is 0 Å².